The van der Waals surface area contributed by atoms with Gasteiger partial charge >= 0.3 is 0 Å². The minimum absolute atomic E-state index is 0.340. The number of aryl methyl sites for hydroxylation is 2. The van der Waals surface area contributed by atoms with Gasteiger partial charge in [0.25, 0.3) is 5.88 Å². The van der Waals surface area contributed by atoms with Crippen molar-refractivity contribution in [2.75, 3.05) is 26.2 Å². The second kappa shape index (κ2) is 6.77. The average molecular weight is 258 g/mol. The molecule has 17 heavy (non-hydrogen) atoms. The van der Waals surface area contributed by atoms with Crippen LogP contribution in [0, 0.1) is 13.8 Å². The van der Waals surface area contributed by atoms with Gasteiger partial charge in [-0.1, -0.05) is 25.4 Å². The summed E-state index contributed by atoms with van der Waals surface area (Å²) < 4.78 is 5.56. The van der Waals surface area contributed by atoms with Crippen LogP contribution in [0.15, 0.2) is 0 Å². The van der Waals surface area contributed by atoms with Crippen LogP contribution in [0.25, 0.3) is 0 Å². The monoisotopic (exact) mass is 257 g/mol. The maximum absolute atomic E-state index is 5.97. The summed E-state index contributed by atoms with van der Waals surface area (Å²) in [6.07, 6.45) is 0. The van der Waals surface area contributed by atoms with Crippen LogP contribution >= 0.6 is 11.6 Å². The highest BCUT2D eigenvalue weighted by atomic mass is 35.5. The van der Waals surface area contributed by atoms with Gasteiger partial charge in [-0.25, -0.2) is 9.97 Å². The molecule has 0 radical (unpaired) electrons. The molecule has 0 saturated heterocycles. The first-order valence-corrected chi connectivity index (χ1v) is 6.32. The van der Waals surface area contributed by atoms with Crippen molar-refractivity contribution in [1.82, 2.24) is 14.9 Å². The molecule has 0 spiro atoms. The minimum atomic E-state index is 0.340. The normalized spacial score (nSPS) is 10.9. The van der Waals surface area contributed by atoms with Crippen molar-refractivity contribution in [3.8, 4) is 5.88 Å². The number of ether oxygens (including phenoxy) is 1. The molecule has 1 aromatic heterocycles. The molecule has 1 heterocycles. The Balaban J connectivity index is 2.55. The zero-order valence-corrected chi connectivity index (χ0v) is 11.7. The quantitative estimate of drug-likeness (QED) is 0.785. The molecular weight excluding hydrogens is 238 g/mol. The standard InChI is InChI=1S/C12H20ClN3O/c1-5-16(6-2)7-8-17-12-11(13)14-9(3)10(4)15-12/h5-8H2,1-4H3. The number of aromatic nitrogens is 2. The Bertz CT molecular complexity index is 367. The van der Waals surface area contributed by atoms with Crippen LogP contribution in [0.4, 0.5) is 0 Å². The summed E-state index contributed by atoms with van der Waals surface area (Å²) in [6.45, 7) is 11.5. The lowest BCUT2D eigenvalue weighted by Gasteiger charge is -2.18. The van der Waals surface area contributed by atoms with E-state index in [4.69, 9.17) is 16.3 Å². The molecule has 0 aliphatic carbocycles. The second-order valence-corrected chi connectivity index (χ2v) is 4.22. The summed E-state index contributed by atoms with van der Waals surface area (Å²) in [5.74, 6) is 0.432. The smallest absolute Gasteiger partial charge is 0.252 e. The van der Waals surface area contributed by atoms with E-state index in [2.05, 4.69) is 28.7 Å². The van der Waals surface area contributed by atoms with Gasteiger partial charge in [0.05, 0.1) is 11.4 Å². The topological polar surface area (TPSA) is 38.2 Å². The van der Waals surface area contributed by atoms with Crippen LogP contribution in [-0.4, -0.2) is 41.1 Å². The molecule has 96 valence electrons. The van der Waals surface area contributed by atoms with E-state index >= 15 is 0 Å². The highest BCUT2D eigenvalue weighted by Crippen LogP contribution is 2.20. The van der Waals surface area contributed by atoms with E-state index in [0.717, 1.165) is 31.0 Å². The molecule has 0 N–H and O–H groups in total. The fourth-order valence-electron chi connectivity index (χ4n) is 1.46. The van der Waals surface area contributed by atoms with Crippen LogP contribution in [0.1, 0.15) is 25.2 Å². The Labute approximate surface area is 108 Å². The van der Waals surface area contributed by atoms with Gasteiger partial charge in [0.1, 0.15) is 6.61 Å². The molecular formula is C12H20ClN3O. The van der Waals surface area contributed by atoms with E-state index in [1.165, 1.54) is 0 Å². The summed E-state index contributed by atoms with van der Waals surface area (Å²) in [5, 5.41) is 0.340. The maximum atomic E-state index is 5.97. The van der Waals surface area contributed by atoms with Crippen molar-refractivity contribution in [3.63, 3.8) is 0 Å². The highest BCUT2D eigenvalue weighted by Gasteiger charge is 2.08. The van der Waals surface area contributed by atoms with Gasteiger partial charge in [-0.3, -0.25) is 0 Å². The molecule has 5 heteroatoms. The molecule has 0 aliphatic rings. The average Bonchev–Trinajstić information content (AvgIpc) is 2.31. The number of hydrogen-bond acceptors (Lipinski definition) is 4. The number of halogens is 1. The molecule has 4 nitrogen and oxygen atoms in total. The SMILES string of the molecule is CCN(CC)CCOc1nc(C)c(C)nc1Cl. The Morgan fingerprint density at radius 2 is 1.71 bits per heavy atom. The van der Waals surface area contributed by atoms with Crippen LogP contribution in [-0.2, 0) is 0 Å². The molecule has 0 unspecified atom stereocenters. The van der Waals surface area contributed by atoms with Crippen LogP contribution in [0.5, 0.6) is 5.88 Å². The van der Waals surface area contributed by atoms with Crippen molar-refractivity contribution in [1.29, 1.82) is 0 Å². The first-order chi connectivity index (χ1) is 8.08. The van der Waals surface area contributed by atoms with Gasteiger partial charge in [0, 0.05) is 6.54 Å². The van der Waals surface area contributed by atoms with E-state index in [1.54, 1.807) is 0 Å². The van der Waals surface area contributed by atoms with Gasteiger partial charge < -0.3 is 9.64 Å². The van der Waals surface area contributed by atoms with Crippen LogP contribution in [0.2, 0.25) is 5.15 Å². The van der Waals surface area contributed by atoms with Gasteiger partial charge in [0.15, 0.2) is 5.15 Å². The maximum Gasteiger partial charge on any atom is 0.252 e. The van der Waals surface area contributed by atoms with Crippen molar-refractivity contribution >= 4 is 11.6 Å². The fourth-order valence-corrected chi connectivity index (χ4v) is 1.68. The van der Waals surface area contributed by atoms with E-state index in [1.807, 2.05) is 13.8 Å². The molecule has 1 aromatic rings. The molecule has 0 fully saturated rings. The first-order valence-electron chi connectivity index (χ1n) is 5.94. The molecule has 0 amide bonds. The predicted octanol–water partition coefficient (Wildman–Crippen LogP) is 2.47. The zero-order chi connectivity index (χ0) is 12.8. The number of likely N-dealkylation sites (N-methyl/N-ethyl adjacent to an activating group) is 1. The molecule has 0 bridgehead atoms. The minimum Gasteiger partial charge on any atom is -0.474 e. The lowest BCUT2D eigenvalue weighted by atomic mass is 10.3. The van der Waals surface area contributed by atoms with Crippen molar-refractivity contribution in [3.05, 3.63) is 16.5 Å². The first kappa shape index (κ1) is 14.2. The summed E-state index contributed by atoms with van der Waals surface area (Å²) in [7, 11) is 0. The molecule has 0 aromatic carbocycles. The second-order valence-electron chi connectivity index (χ2n) is 3.87. The van der Waals surface area contributed by atoms with Crippen molar-refractivity contribution in [2.24, 2.45) is 0 Å². The summed E-state index contributed by atoms with van der Waals surface area (Å²) in [5.41, 5.74) is 1.69. The van der Waals surface area contributed by atoms with E-state index < -0.39 is 0 Å². The number of hydrogen-bond donors (Lipinski definition) is 0. The highest BCUT2D eigenvalue weighted by molar-refractivity contribution is 6.30. The molecule has 0 atom stereocenters. The Kier molecular flexibility index (Phi) is 5.65. The lowest BCUT2D eigenvalue weighted by molar-refractivity contribution is 0.217. The summed E-state index contributed by atoms with van der Waals surface area (Å²) in [6, 6.07) is 0. The molecule has 1 rings (SSSR count). The van der Waals surface area contributed by atoms with Crippen LogP contribution in [0.3, 0.4) is 0 Å². The van der Waals surface area contributed by atoms with E-state index in [0.29, 0.717) is 17.6 Å². The summed E-state index contributed by atoms with van der Waals surface area (Å²) >= 11 is 5.97. The van der Waals surface area contributed by atoms with Gasteiger partial charge in [-0.05, 0) is 26.9 Å². The molecule has 0 saturated carbocycles. The molecule has 0 aliphatic heterocycles. The Hall–Kier alpha value is -0.870. The van der Waals surface area contributed by atoms with E-state index in [-0.39, 0.29) is 0 Å². The summed E-state index contributed by atoms with van der Waals surface area (Å²) in [4.78, 5) is 10.7. The largest absolute Gasteiger partial charge is 0.474 e. The van der Waals surface area contributed by atoms with Crippen LogP contribution < -0.4 is 4.74 Å². The third kappa shape index (κ3) is 4.13. The predicted molar refractivity (Wildman–Crippen MR) is 69.8 cm³/mol. The zero-order valence-electron chi connectivity index (χ0n) is 11.0. The van der Waals surface area contributed by atoms with Crippen molar-refractivity contribution < 1.29 is 4.74 Å². The van der Waals surface area contributed by atoms with Gasteiger partial charge in [-0.2, -0.15) is 0 Å². The Morgan fingerprint density at radius 1 is 1.12 bits per heavy atom. The third-order valence-corrected chi connectivity index (χ3v) is 3.02. The third-order valence-electron chi connectivity index (χ3n) is 2.78. The van der Waals surface area contributed by atoms with Gasteiger partial charge in [-0.15, -0.1) is 0 Å². The number of rotatable bonds is 6. The van der Waals surface area contributed by atoms with E-state index in [9.17, 15) is 0 Å². The lowest BCUT2D eigenvalue weighted by Crippen LogP contribution is -2.28. The number of nitrogens with zero attached hydrogens (tertiary/aromatic N) is 3. The van der Waals surface area contributed by atoms with Gasteiger partial charge in [0.2, 0.25) is 0 Å². The van der Waals surface area contributed by atoms with Crippen molar-refractivity contribution in [2.45, 2.75) is 27.7 Å². The fraction of sp³-hybridized carbons (Fsp3) is 0.667. The Morgan fingerprint density at radius 3 is 2.29 bits per heavy atom.